The van der Waals surface area contributed by atoms with Crippen LogP contribution in [0.15, 0.2) is 9.98 Å². The molecule has 2 heterocycles. The summed E-state index contributed by atoms with van der Waals surface area (Å²) in [4.78, 5) is 4.32. The van der Waals surface area contributed by atoms with Gasteiger partial charge in [-0.15, -0.1) is 11.3 Å². The van der Waals surface area contributed by atoms with E-state index < -0.39 is 0 Å². The molecule has 5 heteroatoms. The third-order valence-corrected chi connectivity index (χ3v) is 3.72. The number of anilines is 1. The Bertz CT molecular complexity index is 293. The van der Waals surface area contributed by atoms with E-state index in [9.17, 15) is 0 Å². The molecular weight excluding hydrogens is 250 g/mol. The number of nitrogens with one attached hydrogen (secondary N) is 2. The Kier molecular flexibility index (Phi) is 2.58. The van der Waals surface area contributed by atoms with Crippen molar-refractivity contribution in [1.82, 2.24) is 10.3 Å². The molecule has 1 fully saturated rings. The lowest BCUT2D eigenvalue weighted by Crippen LogP contribution is -2.36. The van der Waals surface area contributed by atoms with Crippen LogP contribution < -0.4 is 10.6 Å². The van der Waals surface area contributed by atoms with Crippen molar-refractivity contribution in [3.63, 3.8) is 0 Å². The van der Waals surface area contributed by atoms with E-state index in [2.05, 4.69) is 38.5 Å². The van der Waals surface area contributed by atoms with Crippen molar-refractivity contribution < 1.29 is 0 Å². The highest BCUT2D eigenvalue weighted by molar-refractivity contribution is 9.10. The van der Waals surface area contributed by atoms with Crippen LogP contribution in [-0.2, 0) is 0 Å². The van der Waals surface area contributed by atoms with E-state index in [1.54, 1.807) is 11.3 Å². The molecule has 2 N–H and O–H groups in total. The second-order valence-corrected chi connectivity index (χ2v) is 5.26. The summed E-state index contributed by atoms with van der Waals surface area (Å²) >= 11 is 4.98. The summed E-state index contributed by atoms with van der Waals surface area (Å²) in [6.45, 7) is 4.34. The van der Waals surface area contributed by atoms with Gasteiger partial charge in [0.05, 0.1) is 5.54 Å². The van der Waals surface area contributed by atoms with Crippen molar-refractivity contribution in [1.29, 1.82) is 0 Å². The van der Waals surface area contributed by atoms with Crippen LogP contribution in [0.5, 0.6) is 0 Å². The summed E-state index contributed by atoms with van der Waals surface area (Å²) in [5.41, 5.74) is 0.178. The molecule has 1 aromatic heterocycles. The summed E-state index contributed by atoms with van der Waals surface area (Å²) in [6.07, 6.45) is 1.16. The molecule has 0 aromatic carbocycles. The molecule has 1 aliphatic rings. The quantitative estimate of drug-likeness (QED) is 0.856. The Morgan fingerprint density at radius 2 is 2.62 bits per heavy atom. The summed E-state index contributed by atoms with van der Waals surface area (Å²) in [5.74, 6) is 0. The first-order valence-electron chi connectivity index (χ1n) is 4.28. The van der Waals surface area contributed by atoms with Crippen LogP contribution in [-0.4, -0.2) is 23.6 Å². The molecule has 2 rings (SSSR count). The minimum absolute atomic E-state index is 0.178. The molecule has 1 aromatic rings. The third-order valence-electron chi connectivity index (χ3n) is 2.25. The first kappa shape index (κ1) is 9.43. The zero-order valence-corrected chi connectivity index (χ0v) is 9.83. The molecule has 72 valence electrons. The molecule has 0 aliphatic carbocycles. The van der Waals surface area contributed by atoms with E-state index in [4.69, 9.17) is 0 Å². The summed E-state index contributed by atoms with van der Waals surface area (Å²) in [6, 6.07) is 0. The fourth-order valence-corrected chi connectivity index (χ4v) is 2.79. The van der Waals surface area contributed by atoms with Crippen LogP contribution in [0.25, 0.3) is 0 Å². The van der Waals surface area contributed by atoms with Gasteiger partial charge >= 0.3 is 0 Å². The van der Waals surface area contributed by atoms with Crippen molar-refractivity contribution in [2.75, 3.05) is 18.4 Å². The lowest BCUT2D eigenvalue weighted by atomic mass is 10.0. The molecule has 1 unspecified atom stereocenters. The highest BCUT2D eigenvalue weighted by atomic mass is 79.9. The standard InChI is InChI=1S/C8H12BrN3S/c1-8(2-3-10-5-8)12-7-11-6(9)4-13-7/h4,10H,2-3,5H2,1H3,(H,11,12). The number of hydrogen-bond acceptors (Lipinski definition) is 4. The highest BCUT2D eigenvalue weighted by Crippen LogP contribution is 2.25. The summed E-state index contributed by atoms with van der Waals surface area (Å²) in [7, 11) is 0. The van der Waals surface area contributed by atoms with E-state index >= 15 is 0 Å². The molecule has 0 bridgehead atoms. The van der Waals surface area contributed by atoms with Gasteiger partial charge in [-0.05, 0) is 35.8 Å². The van der Waals surface area contributed by atoms with Gasteiger partial charge in [0.15, 0.2) is 5.13 Å². The van der Waals surface area contributed by atoms with Crippen LogP contribution in [0.3, 0.4) is 0 Å². The zero-order valence-electron chi connectivity index (χ0n) is 7.43. The number of hydrogen-bond donors (Lipinski definition) is 2. The zero-order chi connectivity index (χ0) is 9.31. The minimum atomic E-state index is 0.178. The Labute approximate surface area is 90.1 Å². The number of aromatic nitrogens is 1. The molecule has 1 saturated heterocycles. The third kappa shape index (κ3) is 2.21. The minimum Gasteiger partial charge on any atom is -0.355 e. The second-order valence-electron chi connectivity index (χ2n) is 3.59. The highest BCUT2D eigenvalue weighted by Gasteiger charge is 2.28. The molecule has 1 atom stereocenters. The van der Waals surface area contributed by atoms with Crippen molar-refractivity contribution in [3.8, 4) is 0 Å². The maximum atomic E-state index is 4.32. The number of halogens is 1. The van der Waals surface area contributed by atoms with Gasteiger partial charge in [0.1, 0.15) is 4.60 Å². The largest absolute Gasteiger partial charge is 0.355 e. The normalized spacial score (nSPS) is 27.8. The van der Waals surface area contributed by atoms with Crippen LogP contribution >= 0.6 is 27.3 Å². The van der Waals surface area contributed by atoms with Crippen LogP contribution in [0, 0.1) is 0 Å². The molecular formula is C8H12BrN3S. The first-order valence-corrected chi connectivity index (χ1v) is 5.95. The fourth-order valence-electron chi connectivity index (χ4n) is 1.49. The van der Waals surface area contributed by atoms with Gasteiger partial charge in [0.25, 0.3) is 0 Å². The maximum absolute atomic E-state index is 4.32. The van der Waals surface area contributed by atoms with Gasteiger partial charge in [0.2, 0.25) is 0 Å². The fraction of sp³-hybridized carbons (Fsp3) is 0.625. The van der Waals surface area contributed by atoms with Gasteiger partial charge in [-0.2, -0.15) is 0 Å². The molecule has 0 spiro atoms. The van der Waals surface area contributed by atoms with Gasteiger partial charge in [-0.1, -0.05) is 0 Å². The molecule has 0 radical (unpaired) electrons. The molecule has 1 aliphatic heterocycles. The van der Waals surface area contributed by atoms with Crippen molar-refractivity contribution in [2.45, 2.75) is 18.9 Å². The monoisotopic (exact) mass is 261 g/mol. The summed E-state index contributed by atoms with van der Waals surface area (Å²) in [5, 5.41) is 9.79. The van der Waals surface area contributed by atoms with E-state index in [1.807, 2.05) is 5.38 Å². The lowest BCUT2D eigenvalue weighted by molar-refractivity contribution is 0.566. The number of thiazole rings is 1. The van der Waals surface area contributed by atoms with Gasteiger partial charge in [0, 0.05) is 11.9 Å². The van der Waals surface area contributed by atoms with E-state index in [0.717, 1.165) is 29.2 Å². The lowest BCUT2D eigenvalue weighted by Gasteiger charge is -2.23. The van der Waals surface area contributed by atoms with Crippen LogP contribution in [0.4, 0.5) is 5.13 Å². The Balaban J connectivity index is 2.04. The van der Waals surface area contributed by atoms with Crippen molar-refractivity contribution in [2.24, 2.45) is 0 Å². The maximum Gasteiger partial charge on any atom is 0.184 e. The van der Waals surface area contributed by atoms with Crippen molar-refractivity contribution in [3.05, 3.63) is 9.98 Å². The van der Waals surface area contributed by atoms with Gasteiger partial charge in [-0.3, -0.25) is 0 Å². The number of rotatable bonds is 2. The predicted molar refractivity (Wildman–Crippen MR) is 59.3 cm³/mol. The van der Waals surface area contributed by atoms with Crippen LogP contribution in [0.1, 0.15) is 13.3 Å². The smallest absolute Gasteiger partial charge is 0.184 e. The Morgan fingerprint density at radius 3 is 3.15 bits per heavy atom. The van der Waals surface area contributed by atoms with Gasteiger partial charge in [-0.25, -0.2) is 4.98 Å². The van der Waals surface area contributed by atoms with E-state index in [-0.39, 0.29) is 5.54 Å². The van der Waals surface area contributed by atoms with Crippen molar-refractivity contribution >= 4 is 32.4 Å². The average molecular weight is 262 g/mol. The topological polar surface area (TPSA) is 37.0 Å². The van der Waals surface area contributed by atoms with Crippen LogP contribution in [0.2, 0.25) is 0 Å². The molecule has 13 heavy (non-hydrogen) atoms. The average Bonchev–Trinajstić information content (AvgIpc) is 2.62. The summed E-state index contributed by atoms with van der Waals surface area (Å²) < 4.78 is 0.912. The molecule has 0 saturated carbocycles. The Hall–Kier alpha value is -0.130. The van der Waals surface area contributed by atoms with E-state index in [0.29, 0.717) is 0 Å². The second kappa shape index (κ2) is 3.55. The van der Waals surface area contributed by atoms with E-state index in [1.165, 1.54) is 0 Å². The molecule has 0 amide bonds. The predicted octanol–water partition coefficient (Wildman–Crippen LogP) is 2.07. The first-order chi connectivity index (χ1) is 6.18. The SMILES string of the molecule is CC1(Nc2nc(Br)cs2)CCNC1. The number of nitrogens with zero attached hydrogens (tertiary/aromatic N) is 1. The molecule has 3 nitrogen and oxygen atoms in total. The Morgan fingerprint density at radius 1 is 1.77 bits per heavy atom. The van der Waals surface area contributed by atoms with Gasteiger partial charge < -0.3 is 10.6 Å².